The van der Waals surface area contributed by atoms with Gasteiger partial charge in [-0.3, -0.25) is 9.59 Å². The Kier molecular flexibility index (Phi) is 6.57. The van der Waals surface area contributed by atoms with Gasteiger partial charge in [0.2, 0.25) is 11.8 Å². The maximum Gasteiger partial charge on any atom is 0.223 e. The summed E-state index contributed by atoms with van der Waals surface area (Å²) in [7, 11) is 1.62. The second-order valence-electron chi connectivity index (χ2n) is 5.88. The summed E-state index contributed by atoms with van der Waals surface area (Å²) in [5, 5.41) is 2.88. The first-order chi connectivity index (χ1) is 12.0. The number of benzene rings is 2. The Balaban J connectivity index is 1.87. The molecule has 0 aliphatic carbocycles. The van der Waals surface area contributed by atoms with E-state index in [9.17, 15) is 9.59 Å². The normalized spacial score (nSPS) is 10.2. The number of methoxy groups -OCH3 is 1. The summed E-state index contributed by atoms with van der Waals surface area (Å²) < 4.78 is 5.11. The van der Waals surface area contributed by atoms with Crippen molar-refractivity contribution in [2.24, 2.45) is 0 Å². The van der Waals surface area contributed by atoms with Gasteiger partial charge >= 0.3 is 0 Å². The number of aryl methyl sites for hydroxylation is 1. The van der Waals surface area contributed by atoms with Crippen molar-refractivity contribution in [2.75, 3.05) is 18.6 Å². The molecule has 5 heteroatoms. The lowest BCUT2D eigenvalue weighted by molar-refractivity contribution is -0.121. The first-order valence-electron chi connectivity index (χ1n) is 8.24. The Morgan fingerprint density at radius 3 is 2.44 bits per heavy atom. The van der Waals surface area contributed by atoms with E-state index in [0.717, 1.165) is 22.6 Å². The fraction of sp³-hybridized carbons (Fsp3) is 0.300. The van der Waals surface area contributed by atoms with Gasteiger partial charge in [0.25, 0.3) is 0 Å². The summed E-state index contributed by atoms with van der Waals surface area (Å²) in [6.07, 6.45) is 0.254. The zero-order chi connectivity index (χ0) is 18.2. The molecule has 0 aliphatic heterocycles. The topological polar surface area (TPSA) is 58.6 Å². The van der Waals surface area contributed by atoms with E-state index in [1.165, 1.54) is 6.92 Å². The number of amides is 2. The van der Waals surface area contributed by atoms with Crippen LogP contribution in [0.15, 0.2) is 48.5 Å². The molecule has 2 aromatic carbocycles. The molecule has 0 spiro atoms. The van der Waals surface area contributed by atoms with Crippen LogP contribution in [0.4, 0.5) is 5.69 Å². The van der Waals surface area contributed by atoms with Crippen molar-refractivity contribution < 1.29 is 14.3 Å². The Hall–Kier alpha value is -2.82. The summed E-state index contributed by atoms with van der Waals surface area (Å²) in [6.45, 7) is 4.29. The van der Waals surface area contributed by atoms with E-state index in [-0.39, 0.29) is 18.2 Å². The van der Waals surface area contributed by atoms with Crippen molar-refractivity contribution in [3.05, 3.63) is 59.7 Å². The molecule has 2 amide bonds. The fourth-order valence-electron chi connectivity index (χ4n) is 2.51. The number of ether oxygens (including phenoxy) is 1. The lowest BCUT2D eigenvalue weighted by Crippen LogP contribution is -2.33. The Bertz CT molecular complexity index is 726. The van der Waals surface area contributed by atoms with Crippen LogP contribution in [0.5, 0.6) is 5.75 Å². The fourth-order valence-corrected chi connectivity index (χ4v) is 2.51. The first-order valence-corrected chi connectivity index (χ1v) is 8.24. The molecule has 2 aromatic rings. The van der Waals surface area contributed by atoms with Crippen LogP contribution >= 0.6 is 0 Å². The van der Waals surface area contributed by atoms with E-state index in [1.54, 1.807) is 12.0 Å². The second-order valence-corrected chi connectivity index (χ2v) is 5.88. The summed E-state index contributed by atoms with van der Waals surface area (Å²) in [4.78, 5) is 25.6. The summed E-state index contributed by atoms with van der Waals surface area (Å²) in [5.41, 5.74) is 2.89. The second kappa shape index (κ2) is 8.87. The molecule has 132 valence electrons. The lowest BCUT2D eigenvalue weighted by atomic mass is 10.2. The molecule has 0 bridgehead atoms. The number of carbonyl (C=O) groups is 2. The SMILES string of the molecule is COc1ccc(CNC(=O)CCN(C(C)=O)c2cccc(C)c2)cc1. The molecule has 0 aromatic heterocycles. The zero-order valence-corrected chi connectivity index (χ0v) is 14.9. The molecule has 0 heterocycles. The van der Waals surface area contributed by atoms with E-state index < -0.39 is 0 Å². The standard InChI is InChI=1S/C20H24N2O3/c1-15-5-4-6-18(13-15)22(16(2)23)12-11-20(24)21-14-17-7-9-19(25-3)10-8-17/h4-10,13H,11-12,14H2,1-3H3,(H,21,24). The monoisotopic (exact) mass is 340 g/mol. The van der Waals surface area contributed by atoms with Gasteiger partial charge in [0.15, 0.2) is 0 Å². The van der Waals surface area contributed by atoms with Gasteiger partial charge < -0.3 is 15.0 Å². The zero-order valence-electron chi connectivity index (χ0n) is 14.9. The molecule has 0 fully saturated rings. The third-order valence-electron chi connectivity index (χ3n) is 3.90. The van der Waals surface area contributed by atoms with Gasteiger partial charge in [-0.25, -0.2) is 0 Å². The van der Waals surface area contributed by atoms with Crippen LogP contribution in [0.3, 0.4) is 0 Å². The summed E-state index contributed by atoms with van der Waals surface area (Å²) in [5.74, 6) is 0.619. The average Bonchev–Trinajstić information content (AvgIpc) is 2.60. The van der Waals surface area contributed by atoms with Crippen LogP contribution in [-0.4, -0.2) is 25.5 Å². The molecule has 0 radical (unpaired) electrons. The molecular weight excluding hydrogens is 316 g/mol. The molecule has 0 atom stereocenters. The van der Waals surface area contributed by atoms with Crippen molar-refractivity contribution in [1.82, 2.24) is 5.32 Å². The molecular formula is C20H24N2O3. The highest BCUT2D eigenvalue weighted by Gasteiger charge is 2.13. The first kappa shape index (κ1) is 18.5. The van der Waals surface area contributed by atoms with Gasteiger partial charge in [0, 0.05) is 32.1 Å². The molecule has 0 aliphatic rings. The quantitative estimate of drug-likeness (QED) is 0.843. The van der Waals surface area contributed by atoms with E-state index in [2.05, 4.69) is 5.32 Å². The van der Waals surface area contributed by atoms with Crippen LogP contribution in [0.2, 0.25) is 0 Å². The Morgan fingerprint density at radius 1 is 1.12 bits per heavy atom. The maximum absolute atomic E-state index is 12.1. The summed E-state index contributed by atoms with van der Waals surface area (Å²) >= 11 is 0. The van der Waals surface area contributed by atoms with Gasteiger partial charge in [-0.1, -0.05) is 24.3 Å². The van der Waals surface area contributed by atoms with Crippen LogP contribution in [0.25, 0.3) is 0 Å². The van der Waals surface area contributed by atoms with E-state index in [4.69, 9.17) is 4.74 Å². The van der Waals surface area contributed by atoms with Crippen molar-refractivity contribution in [3.8, 4) is 5.75 Å². The van der Waals surface area contributed by atoms with Crippen LogP contribution < -0.4 is 15.0 Å². The highest BCUT2D eigenvalue weighted by Crippen LogP contribution is 2.16. The predicted octanol–water partition coefficient (Wildman–Crippen LogP) is 3.06. The number of carbonyl (C=O) groups excluding carboxylic acids is 2. The number of rotatable bonds is 7. The van der Waals surface area contributed by atoms with Crippen LogP contribution in [-0.2, 0) is 16.1 Å². The number of hydrogen-bond donors (Lipinski definition) is 1. The lowest BCUT2D eigenvalue weighted by Gasteiger charge is -2.21. The third kappa shape index (κ3) is 5.64. The molecule has 0 unspecified atom stereocenters. The Labute approximate surface area is 148 Å². The number of hydrogen-bond acceptors (Lipinski definition) is 3. The van der Waals surface area contributed by atoms with Crippen molar-refractivity contribution in [1.29, 1.82) is 0 Å². The molecule has 25 heavy (non-hydrogen) atoms. The van der Waals surface area contributed by atoms with Crippen molar-refractivity contribution in [3.63, 3.8) is 0 Å². The highest BCUT2D eigenvalue weighted by atomic mass is 16.5. The van der Waals surface area contributed by atoms with Gasteiger partial charge in [0.05, 0.1) is 7.11 Å². The molecule has 0 saturated carbocycles. The van der Waals surface area contributed by atoms with E-state index >= 15 is 0 Å². The van der Waals surface area contributed by atoms with Crippen LogP contribution in [0, 0.1) is 6.92 Å². The molecule has 5 nitrogen and oxygen atoms in total. The van der Waals surface area contributed by atoms with Gasteiger partial charge in [0.1, 0.15) is 5.75 Å². The maximum atomic E-state index is 12.1. The van der Waals surface area contributed by atoms with Crippen molar-refractivity contribution >= 4 is 17.5 Å². The van der Waals surface area contributed by atoms with Crippen molar-refractivity contribution in [2.45, 2.75) is 26.8 Å². The van der Waals surface area contributed by atoms with E-state index in [0.29, 0.717) is 13.1 Å². The average molecular weight is 340 g/mol. The highest BCUT2D eigenvalue weighted by molar-refractivity contribution is 5.92. The minimum atomic E-state index is -0.0882. The molecule has 2 rings (SSSR count). The Morgan fingerprint density at radius 2 is 1.84 bits per heavy atom. The molecule has 1 N–H and O–H groups in total. The molecule has 0 saturated heterocycles. The predicted molar refractivity (Wildman–Crippen MR) is 98.7 cm³/mol. The number of anilines is 1. The van der Waals surface area contributed by atoms with Gasteiger partial charge in [-0.2, -0.15) is 0 Å². The van der Waals surface area contributed by atoms with Crippen LogP contribution in [0.1, 0.15) is 24.5 Å². The number of nitrogens with one attached hydrogen (secondary N) is 1. The van der Waals surface area contributed by atoms with E-state index in [1.807, 2.05) is 55.5 Å². The largest absolute Gasteiger partial charge is 0.497 e. The third-order valence-corrected chi connectivity index (χ3v) is 3.90. The minimum Gasteiger partial charge on any atom is -0.497 e. The number of nitrogens with zero attached hydrogens (tertiary/aromatic N) is 1. The smallest absolute Gasteiger partial charge is 0.223 e. The van der Waals surface area contributed by atoms with Gasteiger partial charge in [-0.05, 0) is 42.3 Å². The minimum absolute atomic E-state index is 0.0754. The summed E-state index contributed by atoms with van der Waals surface area (Å²) in [6, 6.07) is 15.2. The van der Waals surface area contributed by atoms with Gasteiger partial charge in [-0.15, -0.1) is 0 Å².